The van der Waals surface area contributed by atoms with Crippen molar-refractivity contribution in [1.82, 2.24) is 9.55 Å². The monoisotopic (exact) mass is 296 g/mol. The molecule has 2 rings (SSSR count). The molecule has 6 nitrogen and oxygen atoms in total. The number of carbonyl (C=O) groups is 1. The van der Waals surface area contributed by atoms with Gasteiger partial charge in [0.1, 0.15) is 15.7 Å². The fourth-order valence-corrected chi connectivity index (χ4v) is 2.60. The van der Waals surface area contributed by atoms with E-state index in [1.165, 1.54) is 18.4 Å². The average Bonchev–Trinajstić information content (AvgIpc) is 2.72. The van der Waals surface area contributed by atoms with Crippen molar-refractivity contribution >= 4 is 26.8 Å². The Morgan fingerprint density at radius 1 is 1.40 bits per heavy atom. The third-order valence-electron chi connectivity index (χ3n) is 3.08. The molecule has 0 saturated heterocycles. The minimum Gasteiger partial charge on any atom is -0.478 e. The minimum atomic E-state index is -3.06. The van der Waals surface area contributed by atoms with Crippen molar-refractivity contribution in [1.29, 1.82) is 0 Å². The molecule has 0 radical (unpaired) electrons. The van der Waals surface area contributed by atoms with Crippen molar-refractivity contribution in [2.75, 3.05) is 12.0 Å². The SMILES string of the molecule is CCc1nc2cc(C(=O)O)ccc2n1CCS(C)(=O)=O. The first-order valence-corrected chi connectivity index (χ1v) is 8.28. The summed E-state index contributed by atoms with van der Waals surface area (Å²) in [5, 5.41) is 8.97. The fraction of sp³-hybridized carbons (Fsp3) is 0.385. The average molecular weight is 296 g/mol. The zero-order chi connectivity index (χ0) is 14.9. The van der Waals surface area contributed by atoms with Crippen LogP contribution >= 0.6 is 0 Å². The Bertz CT molecular complexity index is 762. The Morgan fingerprint density at radius 3 is 2.65 bits per heavy atom. The molecule has 0 amide bonds. The summed E-state index contributed by atoms with van der Waals surface area (Å²) in [7, 11) is -3.06. The van der Waals surface area contributed by atoms with Crippen LogP contribution in [0.2, 0.25) is 0 Å². The van der Waals surface area contributed by atoms with Crippen LogP contribution < -0.4 is 0 Å². The van der Waals surface area contributed by atoms with Crippen LogP contribution in [0.25, 0.3) is 11.0 Å². The summed E-state index contributed by atoms with van der Waals surface area (Å²) in [6, 6.07) is 4.68. The van der Waals surface area contributed by atoms with Gasteiger partial charge in [-0.1, -0.05) is 6.92 Å². The Morgan fingerprint density at radius 2 is 2.10 bits per heavy atom. The topological polar surface area (TPSA) is 89.3 Å². The summed E-state index contributed by atoms with van der Waals surface area (Å²) in [6.45, 7) is 2.25. The first-order valence-electron chi connectivity index (χ1n) is 6.22. The van der Waals surface area contributed by atoms with Gasteiger partial charge in [0.15, 0.2) is 0 Å². The largest absolute Gasteiger partial charge is 0.478 e. The molecule has 2 aromatic rings. The van der Waals surface area contributed by atoms with E-state index in [0.717, 1.165) is 11.3 Å². The molecule has 0 aliphatic rings. The van der Waals surface area contributed by atoms with Crippen LogP contribution in [0.3, 0.4) is 0 Å². The highest BCUT2D eigenvalue weighted by Gasteiger charge is 2.13. The van der Waals surface area contributed by atoms with Crippen molar-refractivity contribution < 1.29 is 18.3 Å². The number of carboxylic acids is 1. The van der Waals surface area contributed by atoms with E-state index in [1.807, 2.05) is 11.5 Å². The number of benzene rings is 1. The summed E-state index contributed by atoms with van der Waals surface area (Å²) < 4.78 is 24.4. The van der Waals surface area contributed by atoms with Gasteiger partial charge in [-0.15, -0.1) is 0 Å². The van der Waals surface area contributed by atoms with E-state index >= 15 is 0 Å². The number of hydrogen-bond donors (Lipinski definition) is 1. The van der Waals surface area contributed by atoms with E-state index in [-0.39, 0.29) is 11.3 Å². The lowest BCUT2D eigenvalue weighted by atomic mass is 10.2. The van der Waals surface area contributed by atoms with Crippen molar-refractivity contribution in [2.24, 2.45) is 0 Å². The first-order chi connectivity index (χ1) is 9.31. The maximum Gasteiger partial charge on any atom is 0.335 e. The summed E-state index contributed by atoms with van der Waals surface area (Å²) in [5.41, 5.74) is 1.51. The molecular formula is C13H16N2O4S. The Balaban J connectivity index is 2.49. The maximum absolute atomic E-state index is 11.3. The second-order valence-electron chi connectivity index (χ2n) is 4.67. The molecule has 1 aromatic carbocycles. The van der Waals surface area contributed by atoms with E-state index in [2.05, 4.69) is 4.98 Å². The predicted molar refractivity (Wildman–Crippen MR) is 75.8 cm³/mol. The molecular weight excluding hydrogens is 280 g/mol. The van der Waals surface area contributed by atoms with Crippen molar-refractivity contribution in [3.8, 4) is 0 Å². The highest BCUT2D eigenvalue weighted by molar-refractivity contribution is 7.90. The van der Waals surface area contributed by atoms with E-state index in [4.69, 9.17) is 5.11 Å². The van der Waals surface area contributed by atoms with Crippen LogP contribution in [0, 0.1) is 0 Å². The van der Waals surface area contributed by atoms with Crippen LogP contribution in [-0.2, 0) is 22.8 Å². The summed E-state index contributed by atoms with van der Waals surface area (Å²) >= 11 is 0. The fourth-order valence-electron chi connectivity index (χ4n) is 2.09. The number of aromatic nitrogens is 2. The van der Waals surface area contributed by atoms with Crippen LogP contribution in [0.1, 0.15) is 23.1 Å². The molecule has 1 aromatic heterocycles. The molecule has 0 atom stereocenters. The van der Waals surface area contributed by atoms with Crippen molar-refractivity contribution in [3.63, 3.8) is 0 Å². The van der Waals surface area contributed by atoms with Gasteiger partial charge in [-0.05, 0) is 18.2 Å². The molecule has 20 heavy (non-hydrogen) atoms. The van der Waals surface area contributed by atoms with Gasteiger partial charge >= 0.3 is 5.97 Å². The third-order valence-corrected chi connectivity index (χ3v) is 4.00. The van der Waals surface area contributed by atoms with E-state index < -0.39 is 15.8 Å². The number of aromatic carboxylic acids is 1. The maximum atomic E-state index is 11.3. The highest BCUT2D eigenvalue weighted by atomic mass is 32.2. The van der Waals surface area contributed by atoms with Crippen molar-refractivity contribution in [3.05, 3.63) is 29.6 Å². The van der Waals surface area contributed by atoms with E-state index in [0.29, 0.717) is 18.5 Å². The van der Waals surface area contributed by atoms with Gasteiger partial charge in [-0.25, -0.2) is 18.2 Å². The summed E-state index contributed by atoms with van der Waals surface area (Å²) in [4.78, 5) is 15.3. The summed E-state index contributed by atoms with van der Waals surface area (Å²) in [5.74, 6) is -0.214. The molecule has 0 saturated carbocycles. The van der Waals surface area contributed by atoms with Crippen molar-refractivity contribution in [2.45, 2.75) is 19.9 Å². The number of hydrogen-bond acceptors (Lipinski definition) is 4. The second kappa shape index (κ2) is 5.24. The Kier molecular flexibility index (Phi) is 3.80. The highest BCUT2D eigenvalue weighted by Crippen LogP contribution is 2.19. The quantitative estimate of drug-likeness (QED) is 0.899. The number of fused-ring (bicyclic) bond motifs is 1. The Hall–Kier alpha value is -1.89. The Labute approximate surface area is 117 Å². The summed E-state index contributed by atoms with van der Waals surface area (Å²) in [6.07, 6.45) is 1.85. The van der Waals surface area contributed by atoms with Gasteiger partial charge in [0.25, 0.3) is 0 Å². The lowest BCUT2D eigenvalue weighted by Gasteiger charge is -2.07. The zero-order valence-corrected chi connectivity index (χ0v) is 12.1. The van der Waals surface area contributed by atoms with Crippen LogP contribution in [0.15, 0.2) is 18.2 Å². The van der Waals surface area contributed by atoms with Gasteiger partial charge in [0.2, 0.25) is 0 Å². The van der Waals surface area contributed by atoms with Crippen LogP contribution in [0.4, 0.5) is 0 Å². The first kappa shape index (κ1) is 14.5. The predicted octanol–water partition coefficient (Wildman–Crippen LogP) is 1.34. The molecule has 0 fully saturated rings. The smallest absolute Gasteiger partial charge is 0.335 e. The standard InChI is InChI=1S/C13H16N2O4S/c1-3-12-14-10-8-9(13(16)17)4-5-11(10)15(12)6-7-20(2,18)19/h4-5,8H,3,6-7H2,1-2H3,(H,16,17). The number of aryl methyl sites for hydroxylation is 2. The van der Waals surface area contributed by atoms with Gasteiger partial charge in [-0.2, -0.15) is 0 Å². The number of nitrogens with zero attached hydrogens (tertiary/aromatic N) is 2. The lowest BCUT2D eigenvalue weighted by Crippen LogP contribution is -2.13. The number of sulfone groups is 1. The van der Waals surface area contributed by atoms with Gasteiger partial charge in [0, 0.05) is 19.2 Å². The molecule has 0 unspecified atom stereocenters. The molecule has 0 aliphatic carbocycles. The molecule has 1 heterocycles. The second-order valence-corrected chi connectivity index (χ2v) is 6.93. The zero-order valence-electron chi connectivity index (χ0n) is 11.3. The molecule has 108 valence electrons. The van der Waals surface area contributed by atoms with Gasteiger partial charge < -0.3 is 9.67 Å². The molecule has 0 spiro atoms. The number of rotatable bonds is 5. The lowest BCUT2D eigenvalue weighted by molar-refractivity contribution is 0.0697. The number of carboxylic acid groups (broad SMARTS) is 1. The van der Waals surface area contributed by atoms with Gasteiger partial charge in [0.05, 0.1) is 22.3 Å². The van der Waals surface area contributed by atoms with E-state index in [1.54, 1.807) is 6.07 Å². The van der Waals surface area contributed by atoms with Gasteiger partial charge in [-0.3, -0.25) is 0 Å². The molecule has 7 heteroatoms. The number of imidazole rings is 1. The molecule has 0 aliphatic heterocycles. The minimum absolute atomic E-state index is 0.0339. The molecule has 0 bridgehead atoms. The molecule has 1 N–H and O–H groups in total. The normalized spacial score (nSPS) is 11.9. The van der Waals surface area contributed by atoms with E-state index in [9.17, 15) is 13.2 Å². The third kappa shape index (κ3) is 2.98. The van der Waals surface area contributed by atoms with Crippen LogP contribution in [0.5, 0.6) is 0 Å². The van der Waals surface area contributed by atoms with Crippen LogP contribution in [-0.4, -0.2) is 41.1 Å².